The maximum Gasteiger partial charge on any atom is 0.273 e. The van der Waals surface area contributed by atoms with Crippen molar-refractivity contribution in [1.29, 1.82) is 0 Å². The summed E-state index contributed by atoms with van der Waals surface area (Å²) in [5, 5.41) is 4.57. The van der Waals surface area contributed by atoms with Crippen LogP contribution in [0.15, 0.2) is 36.5 Å². The molecule has 3 aromatic rings. The number of ether oxygens (including phenoxy) is 1. The Bertz CT molecular complexity index is 1170. The van der Waals surface area contributed by atoms with Crippen molar-refractivity contribution in [3.63, 3.8) is 0 Å². The van der Waals surface area contributed by atoms with Gasteiger partial charge in [0.1, 0.15) is 11.5 Å². The second-order valence-electron chi connectivity index (χ2n) is 9.13. The number of carbonyl (C=O) groups is 1. The minimum absolute atomic E-state index is 0.0374. The first-order valence-electron chi connectivity index (χ1n) is 11.6. The van der Waals surface area contributed by atoms with Gasteiger partial charge in [-0.2, -0.15) is 4.98 Å². The number of fused-ring (bicyclic) bond motifs is 2. The van der Waals surface area contributed by atoms with Gasteiger partial charge in [0.15, 0.2) is 0 Å². The molecule has 2 aromatic heterocycles. The van der Waals surface area contributed by atoms with Crippen molar-refractivity contribution in [2.75, 3.05) is 30.4 Å². The molecule has 8 heteroatoms. The predicted molar refractivity (Wildman–Crippen MR) is 128 cm³/mol. The lowest BCUT2D eigenvalue weighted by molar-refractivity contribution is 0.0726. The van der Waals surface area contributed by atoms with Crippen molar-refractivity contribution in [1.82, 2.24) is 19.9 Å². The molecule has 1 aromatic carbocycles. The summed E-state index contributed by atoms with van der Waals surface area (Å²) in [6, 6.07) is 10.3. The molecule has 4 heterocycles. The first-order chi connectivity index (χ1) is 16.0. The molecule has 33 heavy (non-hydrogen) atoms. The number of hydrogen-bond donors (Lipinski definition) is 1. The Balaban J connectivity index is 1.43. The summed E-state index contributed by atoms with van der Waals surface area (Å²) in [6.07, 6.45) is 4.18. The van der Waals surface area contributed by atoms with Crippen LogP contribution in [0, 0.1) is 0 Å². The van der Waals surface area contributed by atoms with Crippen molar-refractivity contribution in [2.45, 2.75) is 51.9 Å². The van der Waals surface area contributed by atoms with E-state index in [1.807, 2.05) is 55.1 Å². The zero-order valence-corrected chi connectivity index (χ0v) is 19.4. The largest absolute Gasteiger partial charge is 0.376 e. The lowest BCUT2D eigenvalue weighted by Crippen LogP contribution is -2.32. The highest BCUT2D eigenvalue weighted by Crippen LogP contribution is 2.31. The summed E-state index contributed by atoms with van der Waals surface area (Å²) in [7, 11) is 1.96. The molecule has 1 unspecified atom stereocenters. The molecule has 8 nitrogen and oxygen atoms in total. The van der Waals surface area contributed by atoms with Gasteiger partial charge >= 0.3 is 0 Å². The van der Waals surface area contributed by atoms with Crippen LogP contribution < -0.4 is 10.2 Å². The molecule has 0 saturated carbocycles. The molecule has 2 aliphatic rings. The molecular formula is C25H30N6O2. The van der Waals surface area contributed by atoms with Crippen molar-refractivity contribution in [2.24, 2.45) is 0 Å². The van der Waals surface area contributed by atoms with Crippen LogP contribution in [0.5, 0.6) is 0 Å². The zero-order valence-electron chi connectivity index (χ0n) is 19.4. The third-order valence-electron chi connectivity index (χ3n) is 6.36. The number of carbonyl (C=O) groups excluding carboxylic acids is 1. The topological polar surface area (TPSA) is 83.5 Å². The molecule has 1 atom stereocenters. The minimum Gasteiger partial charge on any atom is -0.376 e. The molecule has 1 fully saturated rings. The van der Waals surface area contributed by atoms with Crippen molar-refractivity contribution in [3.05, 3.63) is 53.3 Å². The van der Waals surface area contributed by atoms with E-state index >= 15 is 0 Å². The number of likely N-dealkylation sites (N-methyl/N-ethyl adjacent to an activating group) is 1. The maximum absolute atomic E-state index is 13.1. The number of para-hydroxylation sites is 1. The number of amides is 1. The van der Waals surface area contributed by atoms with Gasteiger partial charge in [-0.15, -0.1) is 0 Å². The standard InChI is InChI=1S/C25H30N6O2/c1-16(2)31-15-20-22(24(31)32)28-25(30(3)14-19-8-6-10-33-19)29-23(20)27-13-17-11-18-7-4-5-9-21(18)26-12-17/h4-5,7,9,11-12,16,19H,6,8,10,13-15H2,1-3H3,(H,27,28,29). The number of rotatable bonds is 7. The summed E-state index contributed by atoms with van der Waals surface area (Å²) < 4.78 is 5.78. The van der Waals surface area contributed by atoms with E-state index in [4.69, 9.17) is 9.72 Å². The Hall–Kier alpha value is -3.26. The highest BCUT2D eigenvalue weighted by Gasteiger charge is 2.34. The molecule has 0 bridgehead atoms. The van der Waals surface area contributed by atoms with E-state index in [1.54, 1.807) is 0 Å². The quantitative estimate of drug-likeness (QED) is 0.593. The first-order valence-corrected chi connectivity index (χ1v) is 11.6. The number of hydrogen-bond acceptors (Lipinski definition) is 7. The number of pyridine rings is 1. The van der Waals surface area contributed by atoms with Gasteiger partial charge in [-0.25, -0.2) is 4.98 Å². The van der Waals surface area contributed by atoms with Crippen LogP contribution in [0.1, 0.15) is 48.3 Å². The fourth-order valence-corrected chi connectivity index (χ4v) is 4.49. The molecule has 0 radical (unpaired) electrons. The smallest absolute Gasteiger partial charge is 0.273 e. The molecule has 2 aliphatic heterocycles. The Labute approximate surface area is 194 Å². The number of nitrogens with one attached hydrogen (secondary N) is 1. The summed E-state index contributed by atoms with van der Waals surface area (Å²) in [6.45, 7) is 6.63. The highest BCUT2D eigenvalue weighted by atomic mass is 16.5. The summed E-state index contributed by atoms with van der Waals surface area (Å²) in [5.41, 5.74) is 3.38. The maximum atomic E-state index is 13.1. The normalized spacial score (nSPS) is 17.8. The molecule has 1 saturated heterocycles. The zero-order chi connectivity index (χ0) is 22.9. The Morgan fingerprint density at radius 1 is 1.27 bits per heavy atom. The van der Waals surface area contributed by atoms with E-state index < -0.39 is 0 Å². The van der Waals surface area contributed by atoms with Gasteiger partial charge in [-0.05, 0) is 44.4 Å². The number of aromatic nitrogens is 3. The van der Waals surface area contributed by atoms with Gasteiger partial charge < -0.3 is 19.9 Å². The van der Waals surface area contributed by atoms with E-state index in [-0.39, 0.29) is 18.1 Å². The van der Waals surface area contributed by atoms with Crippen LogP contribution in [0.4, 0.5) is 11.8 Å². The number of anilines is 2. The molecule has 0 aliphatic carbocycles. The van der Waals surface area contributed by atoms with Gasteiger partial charge in [0.2, 0.25) is 5.95 Å². The Morgan fingerprint density at radius 2 is 2.12 bits per heavy atom. The van der Waals surface area contributed by atoms with Crippen LogP contribution in [-0.4, -0.2) is 58.1 Å². The number of nitrogens with zero attached hydrogens (tertiary/aromatic N) is 5. The third kappa shape index (κ3) is 4.35. The monoisotopic (exact) mass is 446 g/mol. The SMILES string of the molecule is CC(C)N1Cc2c(NCc3cnc4ccccc4c3)nc(N(C)CC3CCCO3)nc2C1=O. The van der Waals surface area contributed by atoms with Crippen LogP contribution >= 0.6 is 0 Å². The van der Waals surface area contributed by atoms with E-state index in [2.05, 4.69) is 27.4 Å². The fraction of sp³-hybridized carbons (Fsp3) is 0.440. The molecular weight excluding hydrogens is 416 g/mol. The van der Waals surface area contributed by atoms with Gasteiger partial charge in [-0.3, -0.25) is 9.78 Å². The van der Waals surface area contributed by atoms with Crippen LogP contribution in [0.25, 0.3) is 10.9 Å². The van der Waals surface area contributed by atoms with E-state index in [1.165, 1.54) is 0 Å². The highest BCUT2D eigenvalue weighted by molar-refractivity contribution is 5.98. The van der Waals surface area contributed by atoms with Crippen molar-refractivity contribution >= 4 is 28.6 Å². The predicted octanol–water partition coefficient (Wildman–Crippen LogP) is 3.62. The Morgan fingerprint density at radius 3 is 2.91 bits per heavy atom. The van der Waals surface area contributed by atoms with Crippen molar-refractivity contribution in [3.8, 4) is 0 Å². The van der Waals surface area contributed by atoms with Gasteiger partial charge in [0.25, 0.3) is 5.91 Å². The average molecular weight is 447 g/mol. The fourth-order valence-electron chi connectivity index (χ4n) is 4.49. The second-order valence-corrected chi connectivity index (χ2v) is 9.13. The second kappa shape index (κ2) is 8.94. The van der Waals surface area contributed by atoms with Crippen molar-refractivity contribution < 1.29 is 9.53 Å². The van der Waals surface area contributed by atoms with Gasteiger partial charge in [0.05, 0.1) is 18.2 Å². The van der Waals surface area contributed by atoms with Gasteiger partial charge in [0, 0.05) is 49.9 Å². The van der Waals surface area contributed by atoms with E-state index in [0.717, 1.165) is 41.5 Å². The summed E-state index contributed by atoms with van der Waals surface area (Å²) >= 11 is 0. The minimum atomic E-state index is -0.0374. The number of benzene rings is 1. The third-order valence-corrected chi connectivity index (χ3v) is 6.36. The Kier molecular flexibility index (Phi) is 5.85. The lowest BCUT2D eigenvalue weighted by Gasteiger charge is -2.22. The molecule has 1 amide bonds. The lowest BCUT2D eigenvalue weighted by atomic mass is 10.1. The average Bonchev–Trinajstić information content (AvgIpc) is 3.45. The first kappa shape index (κ1) is 21.6. The molecule has 172 valence electrons. The summed E-state index contributed by atoms with van der Waals surface area (Å²) in [5.74, 6) is 1.21. The molecule has 5 rings (SSSR count). The van der Waals surface area contributed by atoms with Crippen LogP contribution in [0.3, 0.4) is 0 Å². The molecule has 1 N–H and O–H groups in total. The van der Waals surface area contributed by atoms with Crippen LogP contribution in [-0.2, 0) is 17.8 Å². The summed E-state index contributed by atoms with van der Waals surface area (Å²) in [4.78, 5) is 31.0. The molecule has 0 spiro atoms. The van der Waals surface area contributed by atoms with Gasteiger partial charge in [-0.1, -0.05) is 18.2 Å². The van der Waals surface area contributed by atoms with E-state index in [9.17, 15) is 4.79 Å². The van der Waals surface area contributed by atoms with Crippen LogP contribution in [0.2, 0.25) is 0 Å². The van der Waals surface area contributed by atoms with E-state index in [0.29, 0.717) is 37.1 Å².